The molecule has 1 aromatic rings. The summed E-state index contributed by atoms with van der Waals surface area (Å²) in [6.07, 6.45) is -0.723. The zero-order valence-corrected chi connectivity index (χ0v) is 12.2. The van der Waals surface area contributed by atoms with Gasteiger partial charge in [-0.25, -0.2) is 13.2 Å². The number of hydrogen-bond acceptors (Lipinski definition) is 4. The lowest BCUT2D eigenvalue weighted by atomic mass is 10.2. The van der Waals surface area contributed by atoms with E-state index in [1.165, 1.54) is 7.11 Å². The first kappa shape index (κ1) is 14.8. The second-order valence-corrected chi connectivity index (χ2v) is 9.39. The molecule has 1 amide bonds. The fourth-order valence-electron chi connectivity index (χ4n) is 1.29. The molecule has 0 aromatic heterocycles. The molecule has 1 rings (SSSR count). The molecule has 1 unspecified atom stereocenters. The quantitative estimate of drug-likeness (QED) is 0.657. The van der Waals surface area contributed by atoms with Crippen molar-refractivity contribution >= 4 is 25.1 Å². The number of carbonyl (C=O) groups is 1. The van der Waals surface area contributed by atoms with Crippen LogP contribution in [0.2, 0.25) is 0 Å². The molecule has 0 aliphatic rings. The van der Waals surface area contributed by atoms with E-state index in [2.05, 4.69) is 9.46 Å². The number of ether oxygens (including phenoxy) is 1. The molecule has 0 fully saturated rings. The maximum absolute atomic E-state index is 12.3. The maximum atomic E-state index is 12.3. The second kappa shape index (κ2) is 6.10. The summed E-state index contributed by atoms with van der Waals surface area (Å²) < 4.78 is 31.4. The predicted molar refractivity (Wildman–Crippen MR) is 73.4 cm³/mol. The van der Waals surface area contributed by atoms with Gasteiger partial charge in [0, 0.05) is 5.75 Å². The van der Waals surface area contributed by atoms with Crippen LogP contribution in [0.4, 0.5) is 4.79 Å². The van der Waals surface area contributed by atoms with Crippen molar-refractivity contribution in [1.29, 1.82) is 0 Å². The molecule has 0 spiro atoms. The number of amides is 1. The Bertz CT molecular complexity index is 510. The molecular formula is C11H17NO4S2. The van der Waals surface area contributed by atoms with E-state index >= 15 is 0 Å². The Labute approximate surface area is 109 Å². The van der Waals surface area contributed by atoms with Crippen molar-refractivity contribution in [3.05, 3.63) is 29.8 Å². The summed E-state index contributed by atoms with van der Waals surface area (Å²) in [4.78, 5) is 11.4. The minimum Gasteiger partial charge on any atom is -0.452 e. The molecule has 1 N–H and O–H groups in total. The van der Waals surface area contributed by atoms with Gasteiger partial charge < -0.3 is 4.74 Å². The number of thiol groups is 1. The number of benzene rings is 1. The third-order valence-corrected chi connectivity index (χ3v) is 8.17. The monoisotopic (exact) mass is 291 g/mol. The number of aryl methyl sites for hydroxylation is 1. The molecule has 5 nitrogen and oxygen atoms in total. The predicted octanol–water partition coefficient (Wildman–Crippen LogP) is 1.98. The lowest BCUT2D eigenvalue weighted by Gasteiger charge is -2.20. The first-order chi connectivity index (χ1) is 8.41. The number of rotatable bonds is 4. The van der Waals surface area contributed by atoms with Gasteiger partial charge in [-0.3, -0.25) is 4.72 Å². The third kappa shape index (κ3) is 3.39. The van der Waals surface area contributed by atoms with Gasteiger partial charge in [-0.2, -0.15) is 0 Å². The van der Waals surface area contributed by atoms with Gasteiger partial charge in [-0.05, 0) is 19.1 Å². The lowest BCUT2D eigenvalue weighted by molar-refractivity contribution is 0.178. The number of hydrogen-bond donors (Lipinski definition) is 2. The molecule has 0 saturated heterocycles. The van der Waals surface area contributed by atoms with E-state index in [0.29, 0.717) is 5.75 Å². The number of nitrogens with one attached hydrogen (secondary N) is 1. The highest BCUT2D eigenvalue weighted by Gasteiger charge is 2.24. The summed E-state index contributed by atoms with van der Waals surface area (Å²) in [5.74, 6) is 0.334. The zero-order chi connectivity index (χ0) is 13.8. The van der Waals surface area contributed by atoms with Crippen LogP contribution in [0.1, 0.15) is 12.5 Å². The average Bonchev–Trinajstić information content (AvgIpc) is 2.35. The molecule has 0 saturated carbocycles. The van der Waals surface area contributed by atoms with Crippen LogP contribution in [0.15, 0.2) is 29.2 Å². The molecule has 0 radical (unpaired) electrons. The van der Waals surface area contributed by atoms with Crippen molar-refractivity contribution in [3.63, 3.8) is 0 Å². The first-order valence-electron chi connectivity index (χ1n) is 5.35. The van der Waals surface area contributed by atoms with Gasteiger partial charge in [0.1, 0.15) is 0 Å². The summed E-state index contributed by atoms with van der Waals surface area (Å²) in [6, 6.07) is 6.56. The highest BCUT2D eigenvalue weighted by molar-refractivity contribution is 8.80. The Balaban J connectivity index is 3.03. The highest BCUT2D eigenvalue weighted by atomic mass is 33.2. The average molecular weight is 291 g/mol. The summed E-state index contributed by atoms with van der Waals surface area (Å²) in [6.45, 7) is 3.60. The van der Waals surface area contributed by atoms with Crippen LogP contribution in [0.25, 0.3) is 0 Å². The fourth-order valence-corrected chi connectivity index (χ4v) is 5.67. The second-order valence-electron chi connectivity index (χ2n) is 3.59. The SMILES string of the molecule is CC[SH](NC(=O)OC)S(=O)(=O)c1ccc(C)cc1. The van der Waals surface area contributed by atoms with Gasteiger partial charge in [-0.1, -0.05) is 34.7 Å². The zero-order valence-electron chi connectivity index (χ0n) is 10.5. The van der Waals surface area contributed by atoms with E-state index in [0.717, 1.165) is 5.56 Å². The molecule has 0 bridgehead atoms. The van der Waals surface area contributed by atoms with Gasteiger partial charge >= 0.3 is 6.09 Å². The van der Waals surface area contributed by atoms with Crippen LogP contribution in [-0.4, -0.2) is 27.4 Å². The normalized spacial score (nSPS) is 13.8. The molecule has 7 heteroatoms. The van der Waals surface area contributed by atoms with Crippen LogP contribution >= 0.6 is 10.1 Å². The maximum Gasteiger partial charge on any atom is 0.416 e. The Morgan fingerprint density at radius 2 is 1.89 bits per heavy atom. The van der Waals surface area contributed by atoms with Gasteiger partial charge in [0.15, 0.2) is 0 Å². The molecule has 0 heterocycles. The van der Waals surface area contributed by atoms with Crippen molar-refractivity contribution in [3.8, 4) is 0 Å². The van der Waals surface area contributed by atoms with Gasteiger partial charge in [-0.15, -0.1) is 0 Å². The summed E-state index contributed by atoms with van der Waals surface area (Å²) in [5.41, 5.74) is 0.982. The van der Waals surface area contributed by atoms with Gasteiger partial charge in [0.05, 0.1) is 12.0 Å². The summed E-state index contributed by atoms with van der Waals surface area (Å²) in [5, 5.41) is 0. The molecule has 102 valence electrons. The largest absolute Gasteiger partial charge is 0.452 e. The standard InChI is InChI=1S/C11H17NO4S2/c1-4-17(12-11(13)16-3)18(14,15)10-7-5-9(2)6-8-10/h5-8,17H,4H2,1-3H3,(H,12,13). The Morgan fingerprint density at radius 3 is 2.33 bits per heavy atom. The van der Waals surface area contributed by atoms with E-state index in [1.807, 2.05) is 6.92 Å². The van der Waals surface area contributed by atoms with Gasteiger partial charge in [0.2, 0.25) is 8.87 Å². The minimum atomic E-state index is -3.52. The van der Waals surface area contributed by atoms with Crippen LogP contribution in [-0.2, 0) is 13.6 Å². The van der Waals surface area contributed by atoms with E-state index in [9.17, 15) is 13.2 Å². The molecule has 1 atom stereocenters. The van der Waals surface area contributed by atoms with Crippen molar-refractivity contribution < 1.29 is 17.9 Å². The molecule has 18 heavy (non-hydrogen) atoms. The topological polar surface area (TPSA) is 72.5 Å². The van der Waals surface area contributed by atoms with Crippen molar-refractivity contribution in [1.82, 2.24) is 4.72 Å². The Kier molecular flexibility index (Phi) is 5.03. The third-order valence-electron chi connectivity index (χ3n) is 2.30. The number of carbonyl (C=O) groups excluding carboxylic acids is 1. The molecule has 0 aliphatic heterocycles. The smallest absolute Gasteiger partial charge is 0.416 e. The Hall–Kier alpha value is -1.21. The van der Waals surface area contributed by atoms with Gasteiger partial charge in [0.25, 0.3) is 0 Å². The van der Waals surface area contributed by atoms with Crippen LogP contribution in [0.3, 0.4) is 0 Å². The molecular weight excluding hydrogens is 274 g/mol. The summed E-state index contributed by atoms with van der Waals surface area (Å²) >= 11 is 0. The van der Waals surface area contributed by atoms with Crippen LogP contribution in [0, 0.1) is 6.92 Å². The minimum absolute atomic E-state index is 0.220. The first-order valence-corrected chi connectivity index (χ1v) is 8.97. The van der Waals surface area contributed by atoms with E-state index < -0.39 is 25.1 Å². The van der Waals surface area contributed by atoms with Crippen LogP contribution in [0.5, 0.6) is 0 Å². The molecule has 1 aromatic carbocycles. The van der Waals surface area contributed by atoms with E-state index in [-0.39, 0.29) is 4.90 Å². The molecule has 0 aliphatic carbocycles. The summed E-state index contributed by atoms with van der Waals surface area (Å²) in [7, 11) is -4.00. The van der Waals surface area contributed by atoms with Crippen LogP contribution < -0.4 is 4.72 Å². The van der Waals surface area contributed by atoms with E-state index in [1.54, 1.807) is 31.2 Å². The van der Waals surface area contributed by atoms with Crippen molar-refractivity contribution in [2.75, 3.05) is 12.9 Å². The van der Waals surface area contributed by atoms with E-state index in [4.69, 9.17) is 0 Å². The highest BCUT2D eigenvalue weighted by Crippen LogP contribution is 2.34. The lowest BCUT2D eigenvalue weighted by Crippen LogP contribution is -2.25. The van der Waals surface area contributed by atoms with Crippen molar-refractivity contribution in [2.24, 2.45) is 0 Å². The van der Waals surface area contributed by atoms with Crippen molar-refractivity contribution in [2.45, 2.75) is 18.7 Å². The Morgan fingerprint density at radius 1 is 1.33 bits per heavy atom. The number of methoxy groups -OCH3 is 1. The fraction of sp³-hybridized carbons (Fsp3) is 0.364.